The average molecular weight is 768 g/mol. The average Bonchev–Trinajstić information content (AvgIpc) is 3.64. The molecule has 5 rings (SSSR count). The van der Waals surface area contributed by atoms with Crippen molar-refractivity contribution in [3.63, 3.8) is 0 Å². The maximum atomic E-state index is 13.3. The van der Waals surface area contributed by atoms with E-state index in [0.717, 1.165) is 30.5 Å². The number of hydrogen-bond acceptors (Lipinski definition) is 9. The standard InChI is InChI=1S/C39H48F2N6O8/c1-39(2,3)55-38(52)45-17-20-47(4,21-18-45)19-6-22-53-28-12-13-31-30(23-28)29(14-15-42-31)35(50)44-25-33(48)46-16-5-7-32(46)34(49)36(51)43-24-26-8-10-27(11-9-26)54-37(40)41/h8-15,23,32,37H,5-7,16-22,24-25H2,1-4H3,(H-,43,44,50,51)/p+1/t32-/m0/s1. The van der Waals surface area contributed by atoms with Gasteiger partial charge >= 0.3 is 12.7 Å². The van der Waals surface area contributed by atoms with Gasteiger partial charge < -0.3 is 34.2 Å². The summed E-state index contributed by atoms with van der Waals surface area (Å²) >= 11 is 0. The molecule has 4 amide bonds. The minimum atomic E-state index is -2.96. The molecule has 2 N–H and O–H groups in total. The van der Waals surface area contributed by atoms with E-state index in [1.165, 1.54) is 35.4 Å². The summed E-state index contributed by atoms with van der Waals surface area (Å²) in [4.78, 5) is 72.2. The Hall–Kier alpha value is -5.38. The van der Waals surface area contributed by atoms with Gasteiger partial charge in [-0.15, -0.1) is 0 Å². The summed E-state index contributed by atoms with van der Waals surface area (Å²) in [6, 6.07) is 11.5. The summed E-state index contributed by atoms with van der Waals surface area (Å²) in [5.74, 6) is -2.14. The number of alkyl halides is 2. The topological polar surface area (TPSA) is 156 Å². The highest BCUT2D eigenvalue weighted by molar-refractivity contribution is 6.38. The number of nitrogens with one attached hydrogen (secondary N) is 2. The summed E-state index contributed by atoms with van der Waals surface area (Å²) in [6.07, 6.45) is 2.81. The zero-order valence-electron chi connectivity index (χ0n) is 31.6. The van der Waals surface area contributed by atoms with Gasteiger partial charge in [-0.2, -0.15) is 8.78 Å². The molecule has 3 aromatic rings. The number of fused-ring (bicyclic) bond motifs is 1. The Morgan fingerprint density at radius 1 is 0.964 bits per heavy atom. The van der Waals surface area contributed by atoms with Crippen molar-refractivity contribution in [1.82, 2.24) is 25.4 Å². The lowest BCUT2D eigenvalue weighted by Gasteiger charge is -2.42. The number of likely N-dealkylation sites (tertiary alicyclic amines) is 1. The van der Waals surface area contributed by atoms with Crippen molar-refractivity contribution < 1.29 is 51.4 Å². The van der Waals surface area contributed by atoms with E-state index in [4.69, 9.17) is 9.47 Å². The fraction of sp³-hybridized carbons (Fsp3) is 0.487. The smallest absolute Gasteiger partial charge is 0.410 e. The number of amides is 4. The fourth-order valence-corrected chi connectivity index (χ4v) is 6.63. The molecule has 2 aliphatic rings. The predicted molar refractivity (Wildman–Crippen MR) is 197 cm³/mol. The molecule has 0 bridgehead atoms. The second-order valence-electron chi connectivity index (χ2n) is 15.0. The minimum Gasteiger partial charge on any atom is -0.493 e. The van der Waals surface area contributed by atoms with Crippen molar-refractivity contribution in [2.45, 2.75) is 64.8 Å². The summed E-state index contributed by atoms with van der Waals surface area (Å²) in [5.41, 5.74) is 0.897. The first-order valence-corrected chi connectivity index (χ1v) is 18.4. The van der Waals surface area contributed by atoms with Gasteiger partial charge in [-0.25, -0.2) is 4.79 Å². The van der Waals surface area contributed by atoms with Crippen molar-refractivity contribution in [1.29, 1.82) is 0 Å². The van der Waals surface area contributed by atoms with E-state index in [9.17, 15) is 32.8 Å². The number of Topliss-reactive ketones (excluding diaryl/α,β-unsaturated/α-hetero) is 1. The number of nitrogens with zero attached hydrogens (tertiary/aromatic N) is 4. The van der Waals surface area contributed by atoms with Gasteiger partial charge in [-0.05, 0) is 75.6 Å². The lowest BCUT2D eigenvalue weighted by Crippen LogP contribution is -2.59. The lowest BCUT2D eigenvalue weighted by atomic mass is 10.1. The third-order valence-electron chi connectivity index (χ3n) is 9.64. The zero-order valence-corrected chi connectivity index (χ0v) is 31.6. The molecule has 0 saturated carbocycles. The van der Waals surface area contributed by atoms with Gasteiger partial charge in [-0.1, -0.05) is 12.1 Å². The minimum absolute atomic E-state index is 0.0285. The van der Waals surface area contributed by atoms with Gasteiger partial charge in [0.15, 0.2) is 0 Å². The Kier molecular flexibility index (Phi) is 13.2. The Morgan fingerprint density at radius 3 is 2.36 bits per heavy atom. The Labute approximate surface area is 318 Å². The molecule has 1 aromatic heterocycles. The van der Waals surface area contributed by atoms with Gasteiger partial charge in [0.05, 0.1) is 64.0 Å². The van der Waals surface area contributed by atoms with Gasteiger partial charge in [0, 0.05) is 31.1 Å². The van der Waals surface area contributed by atoms with Crippen molar-refractivity contribution >= 4 is 40.5 Å². The largest absolute Gasteiger partial charge is 0.493 e. The van der Waals surface area contributed by atoms with E-state index in [1.807, 2.05) is 20.8 Å². The third-order valence-corrected chi connectivity index (χ3v) is 9.64. The van der Waals surface area contributed by atoms with E-state index in [-0.39, 0.29) is 31.5 Å². The molecule has 2 aliphatic heterocycles. The number of carbonyl (C=O) groups is 5. The van der Waals surface area contributed by atoms with Gasteiger partial charge in [0.1, 0.15) is 23.1 Å². The SMILES string of the molecule is CC(C)(C)OC(=O)N1CC[N+](C)(CCCOc2ccc3nccc(C(=O)NCC(=O)N4CCC[C@H]4C(=O)C(=O)NCc4ccc(OC(F)F)cc4)c3c2)CC1. The number of likely N-dealkylation sites (N-methyl/N-ethyl adjacent to an activating group) is 1. The summed E-state index contributed by atoms with van der Waals surface area (Å²) < 4.78 is 41.5. The molecule has 55 heavy (non-hydrogen) atoms. The maximum Gasteiger partial charge on any atom is 0.410 e. The van der Waals surface area contributed by atoms with Gasteiger partial charge in [0.25, 0.3) is 11.8 Å². The number of pyridine rings is 1. The van der Waals surface area contributed by atoms with Crippen LogP contribution in [0, 0.1) is 0 Å². The van der Waals surface area contributed by atoms with Crippen LogP contribution in [0.4, 0.5) is 13.6 Å². The molecule has 0 spiro atoms. The number of ether oxygens (including phenoxy) is 3. The Morgan fingerprint density at radius 2 is 1.67 bits per heavy atom. The van der Waals surface area contributed by atoms with Crippen LogP contribution in [-0.4, -0.2) is 127 Å². The number of aromatic nitrogens is 1. The molecule has 0 radical (unpaired) electrons. The monoisotopic (exact) mass is 767 g/mol. The summed E-state index contributed by atoms with van der Waals surface area (Å²) in [7, 11) is 2.17. The Bertz CT molecular complexity index is 1860. The summed E-state index contributed by atoms with van der Waals surface area (Å²) in [6.45, 7) is 6.65. The van der Waals surface area contributed by atoms with Crippen LogP contribution < -0.4 is 20.1 Å². The molecule has 3 heterocycles. The highest BCUT2D eigenvalue weighted by Gasteiger charge is 2.37. The van der Waals surface area contributed by atoms with Crippen molar-refractivity contribution in [2.24, 2.45) is 0 Å². The van der Waals surface area contributed by atoms with Crippen LogP contribution in [0.1, 0.15) is 56.0 Å². The number of halogens is 2. The van der Waals surface area contributed by atoms with Crippen molar-refractivity contribution in [2.75, 3.05) is 59.5 Å². The van der Waals surface area contributed by atoms with E-state index in [0.29, 0.717) is 60.3 Å². The van der Waals surface area contributed by atoms with Crippen LogP contribution in [0.2, 0.25) is 0 Å². The molecule has 1 atom stereocenters. The van der Waals surface area contributed by atoms with Crippen molar-refractivity contribution in [3.05, 3.63) is 65.9 Å². The second kappa shape index (κ2) is 17.8. The van der Waals surface area contributed by atoms with Crippen LogP contribution in [0.3, 0.4) is 0 Å². The summed E-state index contributed by atoms with van der Waals surface area (Å²) in [5, 5.41) is 5.71. The highest BCUT2D eigenvalue weighted by atomic mass is 19.3. The third kappa shape index (κ3) is 11.3. The molecular formula is C39H49F2N6O8+. The molecule has 16 heteroatoms. The quantitative estimate of drug-likeness (QED) is 0.141. The van der Waals surface area contributed by atoms with Crippen LogP contribution in [-0.2, 0) is 25.7 Å². The van der Waals surface area contributed by atoms with Gasteiger partial charge in [-0.3, -0.25) is 29.1 Å². The van der Waals surface area contributed by atoms with E-state index >= 15 is 0 Å². The second-order valence-corrected chi connectivity index (χ2v) is 15.0. The molecule has 2 saturated heterocycles. The highest BCUT2D eigenvalue weighted by Crippen LogP contribution is 2.24. The Balaban J connectivity index is 1.09. The molecule has 14 nitrogen and oxygen atoms in total. The molecule has 2 fully saturated rings. The van der Waals surface area contributed by atoms with Crippen molar-refractivity contribution in [3.8, 4) is 11.5 Å². The number of rotatable bonds is 14. The molecule has 0 unspecified atom stereocenters. The number of benzene rings is 2. The van der Waals surface area contributed by atoms with Crippen LogP contribution in [0.5, 0.6) is 11.5 Å². The molecule has 2 aromatic carbocycles. The zero-order chi connectivity index (χ0) is 39.8. The number of ketones is 1. The number of piperazine rings is 1. The normalized spacial score (nSPS) is 16.8. The fourth-order valence-electron chi connectivity index (χ4n) is 6.63. The van der Waals surface area contributed by atoms with E-state index in [1.54, 1.807) is 29.2 Å². The molecule has 0 aliphatic carbocycles. The first-order valence-electron chi connectivity index (χ1n) is 18.4. The van der Waals surface area contributed by atoms with E-state index in [2.05, 4.69) is 27.4 Å². The van der Waals surface area contributed by atoms with E-state index < -0.39 is 41.8 Å². The number of quaternary nitrogens is 1. The first-order chi connectivity index (χ1) is 26.1. The maximum absolute atomic E-state index is 13.3. The first kappa shape index (κ1) is 40.8. The molecule has 296 valence electrons. The number of carbonyl (C=O) groups excluding carboxylic acids is 5. The van der Waals surface area contributed by atoms with Crippen LogP contribution in [0.15, 0.2) is 54.7 Å². The lowest BCUT2D eigenvalue weighted by molar-refractivity contribution is -0.913. The van der Waals surface area contributed by atoms with Crippen LogP contribution >= 0.6 is 0 Å². The molecular weight excluding hydrogens is 718 g/mol. The predicted octanol–water partition coefficient (Wildman–Crippen LogP) is 3.91. The van der Waals surface area contributed by atoms with Crippen LogP contribution in [0.25, 0.3) is 10.9 Å². The van der Waals surface area contributed by atoms with Gasteiger partial charge in [0.2, 0.25) is 11.7 Å². The number of hydrogen-bond donors (Lipinski definition) is 2.